The van der Waals surface area contributed by atoms with Crippen LogP contribution < -0.4 is 5.73 Å². The van der Waals surface area contributed by atoms with Crippen molar-refractivity contribution in [1.82, 2.24) is 0 Å². The second-order valence-electron chi connectivity index (χ2n) is 3.91. The lowest BCUT2D eigenvalue weighted by atomic mass is 9.94. The summed E-state index contributed by atoms with van der Waals surface area (Å²) < 4.78 is 5.28. The van der Waals surface area contributed by atoms with Gasteiger partial charge in [-0.05, 0) is 33.6 Å². The Hall–Kier alpha value is -0.340. The van der Waals surface area contributed by atoms with Gasteiger partial charge in [0.2, 0.25) is 0 Å². The molecule has 1 atom stereocenters. The summed E-state index contributed by atoms with van der Waals surface area (Å²) >= 11 is 0. The molecule has 0 aromatic heterocycles. The molecule has 2 heteroatoms. The lowest BCUT2D eigenvalue weighted by Crippen LogP contribution is -2.44. The zero-order valence-corrected chi connectivity index (χ0v) is 8.68. The molecule has 0 bridgehead atoms. The summed E-state index contributed by atoms with van der Waals surface area (Å²) in [7, 11) is 1.70. The van der Waals surface area contributed by atoms with Crippen molar-refractivity contribution in [3.63, 3.8) is 0 Å². The molecule has 2 nitrogen and oxygen atoms in total. The van der Waals surface area contributed by atoms with Crippen LogP contribution >= 0.6 is 0 Å². The highest BCUT2D eigenvalue weighted by molar-refractivity contribution is 4.92. The summed E-state index contributed by atoms with van der Waals surface area (Å²) in [5, 5.41) is 0. The molecule has 0 aliphatic heterocycles. The first-order valence-electron chi connectivity index (χ1n) is 4.35. The van der Waals surface area contributed by atoms with Crippen LogP contribution in [0.3, 0.4) is 0 Å². The summed E-state index contributed by atoms with van der Waals surface area (Å²) in [5.74, 6) is 0. The van der Waals surface area contributed by atoms with E-state index in [1.54, 1.807) is 7.11 Å². The number of hydrogen-bond acceptors (Lipinski definition) is 2. The maximum absolute atomic E-state index is 5.94. The van der Waals surface area contributed by atoms with Gasteiger partial charge in [0.15, 0.2) is 0 Å². The number of methoxy groups -OCH3 is 1. The first-order chi connectivity index (χ1) is 5.40. The van der Waals surface area contributed by atoms with Crippen LogP contribution in [0, 0.1) is 0 Å². The SMILES string of the molecule is C=C(C)CCC(N)C(C)(C)OC. The van der Waals surface area contributed by atoms with Gasteiger partial charge >= 0.3 is 0 Å². The van der Waals surface area contributed by atoms with E-state index < -0.39 is 0 Å². The predicted molar refractivity (Wildman–Crippen MR) is 53.1 cm³/mol. The van der Waals surface area contributed by atoms with E-state index in [-0.39, 0.29) is 11.6 Å². The molecule has 0 saturated carbocycles. The molecule has 0 spiro atoms. The lowest BCUT2D eigenvalue weighted by Gasteiger charge is -2.30. The van der Waals surface area contributed by atoms with E-state index in [0.29, 0.717) is 0 Å². The molecule has 0 aromatic carbocycles. The van der Waals surface area contributed by atoms with E-state index in [2.05, 4.69) is 6.58 Å². The Labute approximate surface area is 75.8 Å². The zero-order valence-electron chi connectivity index (χ0n) is 8.68. The fourth-order valence-electron chi connectivity index (χ4n) is 0.901. The summed E-state index contributed by atoms with van der Waals surface area (Å²) in [6.07, 6.45) is 1.92. The minimum atomic E-state index is -0.227. The second-order valence-corrected chi connectivity index (χ2v) is 3.91. The topological polar surface area (TPSA) is 35.2 Å². The molecular formula is C10H21NO. The predicted octanol–water partition coefficient (Wildman–Crippen LogP) is 2.09. The largest absolute Gasteiger partial charge is 0.377 e. The Morgan fingerprint density at radius 3 is 2.42 bits per heavy atom. The molecular weight excluding hydrogens is 150 g/mol. The first-order valence-corrected chi connectivity index (χ1v) is 4.35. The normalized spacial score (nSPS) is 14.4. The maximum atomic E-state index is 5.94. The van der Waals surface area contributed by atoms with E-state index in [1.807, 2.05) is 20.8 Å². The summed E-state index contributed by atoms with van der Waals surface area (Å²) in [5.41, 5.74) is 6.90. The zero-order chi connectivity index (χ0) is 9.78. The van der Waals surface area contributed by atoms with Crippen LogP contribution in [0.4, 0.5) is 0 Å². The number of ether oxygens (including phenoxy) is 1. The van der Waals surface area contributed by atoms with E-state index >= 15 is 0 Å². The molecule has 0 fully saturated rings. The number of hydrogen-bond donors (Lipinski definition) is 1. The van der Waals surface area contributed by atoms with Gasteiger partial charge in [0.05, 0.1) is 5.60 Å². The van der Waals surface area contributed by atoms with Crippen LogP contribution in [0.2, 0.25) is 0 Å². The van der Waals surface area contributed by atoms with Gasteiger partial charge < -0.3 is 10.5 Å². The third kappa shape index (κ3) is 3.88. The summed E-state index contributed by atoms with van der Waals surface area (Å²) in [6, 6.07) is 0.0826. The van der Waals surface area contributed by atoms with Crippen LogP contribution in [0.5, 0.6) is 0 Å². The Balaban J connectivity index is 3.86. The molecule has 0 aliphatic carbocycles. The Kier molecular flexibility index (Phi) is 4.50. The average Bonchev–Trinajstić information content (AvgIpc) is 2.00. The number of nitrogens with two attached hydrogens (primary N) is 1. The molecule has 0 aromatic rings. The quantitative estimate of drug-likeness (QED) is 0.643. The Morgan fingerprint density at radius 2 is 2.08 bits per heavy atom. The minimum absolute atomic E-state index is 0.0826. The fraction of sp³-hybridized carbons (Fsp3) is 0.800. The van der Waals surface area contributed by atoms with Crippen LogP contribution in [0.15, 0.2) is 12.2 Å². The van der Waals surface area contributed by atoms with Crippen molar-refractivity contribution in [3.05, 3.63) is 12.2 Å². The highest BCUT2D eigenvalue weighted by atomic mass is 16.5. The van der Waals surface area contributed by atoms with Crippen LogP contribution in [-0.4, -0.2) is 18.8 Å². The molecule has 2 N–H and O–H groups in total. The molecule has 0 rings (SSSR count). The standard InChI is InChI=1S/C10H21NO/c1-8(2)6-7-9(11)10(3,4)12-5/h9H,1,6-7,11H2,2-5H3. The van der Waals surface area contributed by atoms with Gasteiger partial charge in [-0.2, -0.15) is 0 Å². The highest BCUT2D eigenvalue weighted by Gasteiger charge is 2.24. The van der Waals surface area contributed by atoms with Gasteiger partial charge in [-0.25, -0.2) is 0 Å². The van der Waals surface area contributed by atoms with Crippen molar-refractivity contribution < 1.29 is 4.74 Å². The van der Waals surface area contributed by atoms with Crippen LogP contribution in [0.1, 0.15) is 33.6 Å². The van der Waals surface area contributed by atoms with Gasteiger partial charge in [0, 0.05) is 13.2 Å². The summed E-state index contributed by atoms with van der Waals surface area (Å²) in [4.78, 5) is 0. The van der Waals surface area contributed by atoms with E-state index in [0.717, 1.165) is 12.8 Å². The summed E-state index contributed by atoms with van der Waals surface area (Å²) in [6.45, 7) is 9.88. The number of allylic oxidation sites excluding steroid dienone is 1. The average molecular weight is 171 g/mol. The Bertz CT molecular complexity index is 152. The van der Waals surface area contributed by atoms with E-state index in [1.165, 1.54) is 5.57 Å². The van der Waals surface area contributed by atoms with Crippen molar-refractivity contribution in [2.24, 2.45) is 5.73 Å². The van der Waals surface area contributed by atoms with Crippen molar-refractivity contribution >= 4 is 0 Å². The molecule has 0 radical (unpaired) electrons. The molecule has 1 unspecified atom stereocenters. The Morgan fingerprint density at radius 1 is 1.58 bits per heavy atom. The highest BCUT2D eigenvalue weighted by Crippen LogP contribution is 2.17. The van der Waals surface area contributed by atoms with E-state index in [9.17, 15) is 0 Å². The molecule has 0 aliphatic rings. The lowest BCUT2D eigenvalue weighted by molar-refractivity contribution is -0.00130. The fourth-order valence-corrected chi connectivity index (χ4v) is 0.901. The van der Waals surface area contributed by atoms with Crippen molar-refractivity contribution in [2.75, 3.05) is 7.11 Å². The minimum Gasteiger partial charge on any atom is -0.377 e. The van der Waals surface area contributed by atoms with Crippen LogP contribution in [-0.2, 0) is 4.74 Å². The molecule has 0 saturated heterocycles. The van der Waals surface area contributed by atoms with Crippen molar-refractivity contribution in [2.45, 2.75) is 45.3 Å². The molecule has 0 heterocycles. The maximum Gasteiger partial charge on any atom is 0.0773 e. The second kappa shape index (κ2) is 4.63. The van der Waals surface area contributed by atoms with Gasteiger partial charge in [-0.3, -0.25) is 0 Å². The van der Waals surface area contributed by atoms with Crippen molar-refractivity contribution in [3.8, 4) is 0 Å². The van der Waals surface area contributed by atoms with E-state index in [4.69, 9.17) is 10.5 Å². The molecule has 0 amide bonds. The van der Waals surface area contributed by atoms with Gasteiger partial charge in [-0.1, -0.05) is 5.57 Å². The third-order valence-corrected chi connectivity index (χ3v) is 2.30. The van der Waals surface area contributed by atoms with Gasteiger partial charge in [0.1, 0.15) is 0 Å². The monoisotopic (exact) mass is 171 g/mol. The van der Waals surface area contributed by atoms with Gasteiger partial charge in [-0.15, -0.1) is 6.58 Å². The van der Waals surface area contributed by atoms with Crippen LogP contribution in [0.25, 0.3) is 0 Å². The molecule has 12 heavy (non-hydrogen) atoms. The van der Waals surface area contributed by atoms with Crippen molar-refractivity contribution in [1.29, 1.82) is 0 Å². The smallest absolute Gasteiger partial charge is 0.0773 e. The number of rotatable bonds is 5. The molecule has 72 valence electrons. The third-order valence-electron chi connectivity index (χ3n) is 2.30. The first kappa shape index (κ1) is 11.7. The van der Waals surface area contributed by atoms with Gasteiger partial charge in [0.25, 0.3) is 0 Å².